The summed E-state index contributed by atoms with van der Waals surface area (Å²) >= 11 is 6.00. The van der Waals surface area contributed by atoms with Gasteiger partial charge in [0.1, 0.15) is 0 Å². The molecule has 0 radical (unpaired) electrons. The second kappa shape index (κ2) is 7.68. The third-order valence-corrected chi connectivity index (χ3v) is 5.32. The molecule has 0 unspecified atom stereocenters. The van der Waals surface area contributed by atoms with Crippen molar-refractivity contribution in [2.75, 3.05) is 13.7 Å². The van der Waals surface area contributed by atoms with Gasteiger partial charge < -0.3 is 14.2 Å². The summed E-state index contributed by atoms with van der Waals surface area (Å²) in [4.78, 5) is 26.8. The zero-order valence-electron chi connectivity index (χ0n) is 16.7. The van der Waals surface area contributed by atoms with Gasteiger partial charge in [-0.25, -0.2) is 4.79 Å². The Morgan fingerprint density at radius 1 is 1.18 bits per heavy atom. The topological polar surface area (TPSA) is 51.5 Å². The molecule has 0 bridgehead atoms. The molecule has 0 spiro atoms. The van der Waals surface area contributed by atoms with Crippen molar-refractivity contribution < 1.29 is 14.3 Å². The molecular formula is C22H23ClN2O3. The van der Waals surface area contributed by atoms with Gasteiger partial charge in [0.15, 0.2) is 0 Å². The molecule has 1 aliphatic heterocycles. The predicted octanol–water partition coefficient (Wildman–Crippen LogP) is 4.44. The number of amides is 1. The number of benzene rings is 1. The van der Waals surface area contributed by atoms with Crippen molar-refractivity contribution in [1.82, 2.24) is 9.47 Å². The molecule has 1 aromatic heterocycles. The predicted molar refractivity (Wildman–Crippen MR) is 110 cm³/mol. The van der Waals surface area contributed by atoms with Crippen molar-refractivity contribution in [2.24, 2.45) is 0 Å². The number of rotatable bonds is 4. The van der Waals surface area contributed by atoms with Crippen LogP contribution in [0, 0.1) is 13.8 Å². The third kappa shape index (κ3) is 3.27. The van der Waals surface area contributed by atoms with Gasteiger partial charge in [-0.1, -0.05) is 11.6 Å². The summed E-state index contributed by atoms with van der Waals surface area (Å²) in [5, 5.41) is 0.674. The molecule has 2 heterocycles. The molecule has 2 aromatic rings. The molecule has 0 saturated heterocycles. The molecule has 3 rings (SSSR count). The molecule has 0 saturated carbocycles. The highest BCUT2D eigenvalue weighted by Gasteiger charge is 2.36. The first-order valence-electron chi connectivity index (χ1n) is 9.08. The highest BCUT2D eigenvalue weighted by molar-refractivity contribution is 6.30. The first-order valence-corrected chi connectivity index (χ1v) is 9.46. The fraction of sp³-hybridized carbons (Fsp3) is 0.273. The van der Waals surface area contributed by atoms with E-state index >= 15 is 0 Å². The summed E-state index contributed by atoms with van der Waals surface area (Å²) < 4.78 is 7.01. The summed E-state index contributed by atoms with van der Waals surface area (Å²) in [5.41, 5.74) is 5.16. The summed E-state index contributed by atoms with van der Waals surface area (Å²) in [5.74, 6) is -0.684. The summed E-state index contributed by atoms with van der Waals surface area (Å²) in [6.45, 7) is 8.13. The number of allylic oxidation sites excluding steroid dienone is 1. The molecule has 0 aliphatic carbocycles. The quantitative estimate of drug-likeness (QED) is 0.565. The number of carbonyl (C=O) groups excluding carboxylic acids is 2. The molecule has 0 atom stereocenters. The van der Waals surface area contributed by atoms with E-state index in [1.165, 1.54) is 7.11 Å². The molecule has 1 amide bonds. The van der Waals surface area contributed by atoms with Gasteiger partial charge in [0.05, 0.1) is 18.3 Å². The Balaban J connectivity index is 2.13. The van der Waals surface area contributed by atoms with Crippen LogP contribution in [-0.4, -0.2) is 35.0 Å². The van der Waals surface area contributed by atoms with Crippen molar-refractivity contribution in [2.45, 2.75) is 27.7 Å². The van der Waals surface area contributed by atoms with Gasteiger partial charge in [0.25, 0.3) is 5.91 Å². The van der Waals surface area contributed by atoms with Crippen LogP contribution in [0.3, 0.4) is 0 Å². The first-order chi connectivity index (χ1) is 13.3. The Labute approximate surface area is 169 Å². The van der Waals surface area contributed by atoms with E-state index in [9.17, 15) is 9.59 Å². The maximum absolute atomic E-state index is 12.9. The Bertz CT molecular complexity index is 1010. The largest absolute Gasteiger partial charge is 0.465 e. The van der Waals surface area contributed by atoms with E-state index in [0.29, 0.717) is 28.4 Å². The zero-order valence-corrected chi connectivity index (χ0v) is 17.4. The number of halogens is 1. The van der Waals surface area contributed by atoms with Gasteiger partial charge in [-0.2, -0.15) is 0 Å². The van der Waals surface area contributed by atoms with Crippen LogP contribution in [0.4, 0.5) is 0 Å². The van der Waals surface area contributed by atoms with Crippen LogP contribution in [0.15, 0.2) is 47.2 Å². The third-order valence-electron chi connectivity index (χ3n) is 5.07. The number of nitrogens with zero attached hydrogens (tertiary/aromatic N) is 2. The van der Waals surface area contributed by atoms with Crippen molar-refractivity contribution in [3.05, 3.63) is 69.1 Å². The van der Waals surface area contributed by atoms with Crippen molar-refractivity contribution in [3.8, 4) is 5.69 Å². The lowest BCUT2D eigenvalue weighted by Gasteiger charge is -2.14. The second-order valence-corrected chi connectivity index (χ2v) is 7.13. The summed E-state index contributed by atoms with van der Waals surface area (Å²) in [7, 11) is 1.33. The molecule has 146 valence electrons. The molecule has 28 heavy (non-hydrogen) atoms. The van der Waals surface area contributed by atoms with E-state index in [1.807, 2.05) is 51.1 Å². The smallest absolute Gasteiger partial charge is 0.340 e. The lowest BCUT2D eigenvalue weighted by Crippen LogP contribution is -2.24. The molecular weight excluding hydrogens is 376 g/mol. The van der Waals surface area contributed by atoms with E-state index < -0.39 is 5.97 Å². The maximum Gasteiger partial charge on any atom is 0.340 e. The number of hydrogen-bond donors (Lipinski definition) is 0. The Morgan fingerprint density at radius 2 is 1.82 bits per heavy atom. The van der Waals surface area contributed by atoms with Gasteiger partial charge in [-0.15, -0.1) is 0 Å². The van der Waals surface area contributed by atoms with E-state index in [-0.39, 0.29) is 5.91 Å². The number of ether oxygens (including phenoxy) is 1. The number of aryl methyl sites for hydroxylation is 1. The fourth-order valence-corrected chi connectivity index (χ4v) is 3.81. The minimum Gasteiger partial charge on any atom is -0.465 e. The average molecular weight is 399 g/mol. The molecule has 0 fully saturated rings. The Hall–Kier alpha value is -2.79. The SMILES string of the molecule is CCN1C(=O)/C(=C\c2cc(C)n(-c3ccc(Cl)cc3)c2C)C(C(=O)OC)=C1C. The van der Waals surface area contributed by atoms with Gasteiger partial charge in [-0.3, -0.25) is 4.79 Å². The monoisotopic (exact) mass is 398 g/mol. The van der Waals surface area contributed by atoms with Crippen molar-refractivity contribution >= 4 is 29.6 Å². The van der Waals surface area contributed by atoms with Gasteiger partial charge >= 0.3 is 5.97 Å². The first kappa shape index (κ1) is 20.0. The molecule has 0 N–H and O–H groups in total. The Kier molecular flexibility index (Phi) is 5.47. The van der Waals surface area contributed by atoms with E-state index in [2.05, 4.69) is 4.57 Å². The molecule has 6 heteroatoms. The summed E-state index contributed by atoms with van der Waals surface area (Å²) in [6, 6.07) is 9.58. The number of hydrogen-bond acceptors (Lipinski definition) is 3. The number of methoxy groups -OCH3 is 1. The van der Waals surface area contributed by atoms with Gasteiger partial charge in [-0.05, 0) is 69.7 Å². The van der Waals surface area contributed by atoms with Crippen LogP contribution in [0.25, 0.3) is 11.8 Å². The second-order valence-electron chi connectivity index (χ2n) is 6.70. The van der Waals surface area contributed by atoms with Crippen LogP contribution >= 0.6 is 11.6 Å². The van der Waals surface area contributed by atoms with E-state index in [1.54, 1.807) is 17.9 Å². The van der Waals surface area contributed by atoms with Crippen LogP contribution in [-0.2, 0) is 14.3 Å². The fourth-order valence-electron chi connectivity index (χ4n) is 3.69. The molecule has 5 nitrogen and oxygen atoms in total. The molecule has 1 aromatic carbocycles. The van der Waals surface area contributed by atoms with Crippen molar-refractivity contribution in [1.29, 1.82) is 0 Å². The minimum atomic E-state index is -0.500. The van der Waals surface area contributed by atoms with Crippen LogP contribution < -0.4 is 0 Å². The highest BCUT2D eigenvalue weighted by Crippen LogP contribution is 2.33. The zero-order chi connectivity index (χ0) is 20.6. The van der Waals surface area contributed by atoms with Gasteiger partial charge in [0, 0.05) is 34.3 Å². The van der Waals surface area contributed by atoms with Crippen LogP contribution in [0.5, 0.6) is 0 Å². The highest BCUT2D eigenvalue weighted by atomic mass is 35.5. The lowest BCUT2D eigenvalue weighted by molar-refractivity contribution is -0.136. The Morgan fingerprint density at radius 3 is 2.39 bits per heavy atom. The number of aromatic nitrogens is 1. The van der Waals surface area contributed by atoms with Gasteiger partial charge in [0.2, 0.25) is 0 Å². The summed E-state index contributed by atoms with van der Waals surface area (Å²) in [6.07, 6.45) is 1.78. The average Bonchev–Trinajstić information content (AvgIpc) is 3.08. The number of likely N-dealkylation sites (N-methyl/N-ethyl adjacent to an activating group) is 1. The van der Waals surface area contributed by atoms with Crippen molar-refractivity contribution in [3.63, 3.8) is 0 Å². The normalized spacial score (nSPS) is 15.7. The standard InChI is InChI=1S/C22H23ClN2O3/c1-6-24-15(4)20(22(27)28-5)19(21(24)26)12-16-11-13(2)25(14(16)3)18-9-7-17(23)8-10-18/h7-12H,6H2,1-5H3/b19-12-. The van der Waals surface area contributed by atoms with E-state index in [4.69, 9.17) is 16.3 Å². The maximum atomic E-state index is 12.9. The number of carbonyl (C=O) groups is 2. The van der Waals surface area contributed by atoms with Crippen LogP contribution in [0.2, 0.25) is 5.02 Å². The number of esters is 1. The molecule has 1 aliphatic rings. The lowest BCUT2D eigenvalue weighted by atomic mass is 10.0. The minimum absolute atomic E-state index is 0.184. The van der Waals surface area contributed by atoms with E-state index in [0.717, 1.165) is 22.6 Å². The van der Waals surface area contributed by atoms with Crippen LogP contribution in [0.1, 0.15) is 30.8 Å².